The largest absolute Gasteiger partial charge is 0.443 e. The molecular formula is C17H20ClN3O3. The van der Waals surface area contributed by atoms with Crippen LogP contribution in [0, 0.1) is 0 Å². The molecule has 1 amide bonds. The molecule has 1 saturated heterocycles. The number of amides is 1. The molecule has 2 heterocycles. The molecular weight excluding hydrogens is 330 g/mol. The molecule has 6 nitrogen and oxygen atoms in total. The highest BCUT2D eigenvalue weighted by Gasteiger charge is 2.22. The molecule has 0 bridgehead atoms. The van der Waals surface area contributed by atoms with Crippen LogP contribution in [0.2, 0.25) is 5.02 Å². The maximum atomic E-state index is 12.5. The van der Waals surface area contributed by atoms with Gasteiger partial charge in [-0.25, -0.2) is 4.98 Å². The summed E-state index contributed by atoms with van der Waals surface area (Å²) in [7, 11) is 0. The summed E-state index contributed by atoms with van der Waals surface area (Å²) in [5, 5.41) is 3.49. The Labute approximate surface area is 145 Å². The third-order valence-corrected chi connectivity index (χ3v) is 4.24. The molecule has 3 rings (SSSR count). The van der Waals surface area contributed by atoms with Crippen LogP contribution in [-0.2, 0) is 4.74 Å². The third kappa shape index (κ3) is 3.95. The van der Waals surface area contributed by atoms with Crippen molar-refractivity contribution in [2.75, 3.05) is 32.8 Å². The van der Waals surface area contributed by atoms with Crippen molar-refractivity contribution in [2.45, 2.75) is 13.0 Å². The lowest BCUT2D eigenvalue weighted by atomic mass is 10.1. The van der Waals surface area contributed by atoms with Crippen LogP contribution in [0.3, 0.4) is 0 Å². The van der Waals surface area contributed by atoms with Gasteiger partial charge < -0.3 is 14.5 Å². The van der Waals surface area contributed by atoms with Crippen molar-refractivity contribution < 1.29 is 13.9 Å². The van der Waals surface area contributed by atoms with Crippen molar-refractivity contribution in [1.82, 2.24) is 15.2 Å². The topological polar surface area (TPSA) is 67.6 Å². The second-order valence-corrected chi connectivity index (χ2v) is 6.20. The molecule has 2 aromatic rings. The van der Waals surface area contributed by atoms with E-state index in [0.717, 1.165) is 32.8 Å². The molecule has 0 radical (unpaired) electrons. The molecule has 1 fully saturated rings. The number of carbonyl (C=O) groups excluding carboxylic acids is 1. The molecule has 1 aromatic heterocycles. The van der Waals surface area contributed by atoms with Gasteiger partial charge in [-0.3, -0.25) is 9.69 Å². The minimum atomic E-state index is -0.264. The first kappa shape index (κ1) is 17.0. The summed E-state index contributed by atoms with van der Waals surface area (Å²) in [5.41, 5.74) is 0.902. The van der Waals surface area contributed by atoms with Gasteiger partial charge in [-0.15, -0.1) is 0 Å². The van der Waals surface area contributed by atoms with Crippen LogP contribution in [0.5, 0.6) is 0 Å². The van der Waals surface area contributed by atoms with E-state index in [0.29, 0.717) is 16.3 Å². The normalized spacial score (nSPS) is 16.8. The Morgan fingerprint density at radius 3 is 2.88 bits per heavy atom. The number of oxazole rings is 1. The number of benzene rings is 1. The first-order chi connectivity index (χ1) is 11.6. The number of hydrogen-bond donors (Lipinski definition) is 1. The molecule has 7 heteroatoms. The van der Waals surface area contributed by atoms with Gasteiger partial charge in [0.15, 0.2) is 17.8 Å². The van der Waals surface area contributed by atoms with E-state index >= 15 is 0 Å². The number of halogens is 1. The maximum absolute atomic E-state index is 12.5. The zero-order valence-corrected chi connectivity index (χ0v) is 14.3. The average molecular weight is 350 g/mol. The number of nitrogens with one attached hydrogen (secondary N) is 1. The Morgan fingerprint density at radius 1 is 1.38 bits per heavy atom. The standard InChI is InChI=1S/C17H20ClN3O3/c1-12(10-21-6-8-23-9-7-21)20-17(22)15-16(24-11-19-15)13-4-2-3-5-14(13)18/h2-5,11-12H,6-10H2,1H3,(H,20,22). The summed E-state index contributed by atoms with van der Waals surface area (Å²) in [4.78, 5) is 18.9. The number of rotatable bonds is 5. The van der Waals surface area contributed by atoms with Crippen LogP contribution in [0.1, 0.15) is 17.4 Å². The summed E-state index contributed by atoms with van der Waals surface area (Å²) in [6.07, 6.45) is 1.26. The zero-order valence-electron chi connectivity index (χ0n) is 13.5. The van der Waals surface area contributed by atoms with Gasteiger partial charge in [0.05, 0.1) is 18.2 Å². The lowest BCUT2D eigenvalue weighted by Crippen LogP contribution is -2.46. The van der Waals surface area contributed by atoms with Crippen LogP contribution in [0.25, 0.3) is 11.3 Å². The SMILES string of the molecule is CC(CN1CCOCC1)NC(=O)c1ncoc1-c1ccccc1Cl. The quantitative estimate of drug-likeness (QED) is 0.898. The van der Waals surface area contributed by atoms with E-state index < -0.39 is 0 Å². The van der Waals surface area contributed by atoms with Gasteiger partial charge in [0, 0.05) is 31.2 Å². The van der Waals surface area contributed by atoms with Gasteiger partial charge in [0.25, 0.3) is 5.91 Å². The molecule has 1 unspecified atom stereocenters. The lowest BCUT2D eigenvalue weighted by Gasteiger charge is -2.29. The average Bonchev–Trinajstić information content (AvgIpc) is 3.05. The summed E-state index contributed by atoms with van der Waals surface area (Å²) in [5.74, 6) is 0.121. The van der Waals surface area contributed by atoms with Gasteiger partial charge in [-0.1, -0.05) is 23.7 Å². The minimum Gasteiger partial charge on any atom is -0.443 e. The predicted molar refractivity (Wildman–Crippen MR) is 91.1 cm³/mol. The molecule has 1 aliphatic rings. The summed E-state index contributed by atoms with van der Waals surface area (Å²) >= 11 is 6.19. The summed E-state index contributed by atoms with van der Waals surface area (Å²) in [6.45, 7) is 5.99. The Hall–Kier alpha value is -1.89. The molecule has 128 valence electrons. The fourth-order valence-corrected chi connectivity index (χ4v) is 2.97. The molecule has 0 aliphatic carbocycles. The maximum Gasteiger partial charge on any atom is 0.274 e. The first-order valence-corrected chi connectivity index (χ1v) is 8.32. The van der Waals surface area contributed by atoms with Crippen molar-refractivity contribution in [1.29, 1.82) is 0 Å². The first-order valence-electron chi connectivity index (χ1n) is 7.94. The van der Waals surface area contributed by atoms with E-state index in [9.17, 15) is 4.79 Å². The predicted octanol–water partition coefficient (Wildman–Crippen LogP) is 2.45. The summed E-state index contributed by atoms with van der Waals surface area (Å²) < 4.78 is 10.7. The highest BCUT2D eigenvalue weighted by molar-refractivity contribution is 6.33. The zero-order chi connectivity index (χ0) is 16.9. The highest BCUT2D eigenvalue weighted by Crippen LogP contribution is 2.29. The number of aromatic nitrogens is 1. The molecule has 1 aromatic carbocycles. The number of hydrogen-bond acceptors (Lipinski definition) is 5. The second-order valence-electron chi connectivity index (χ2n) is 5.80. The molecule has 0 spiro atoms. The Kier molecular flexibility index (Phi) is 5.50. The van der Waals surface area contributed by atoms with E-state index in [-0.39, 0.29) is 17.6 Å². The van der Waals surface area contributed by atoms with Crippen molar-refractivity contribution in [2.24, 2.45) is 0 Å². The molecule has 0 saturated carbocycles. The van der Waals surface area contributed by atoms with Gasteiger partial charge in [-0.2, -0.15) is 0 Å². The highest BCUT2D eigenvalue weighted by atomic mass is 35.5. The number of morpholine rings is 1. The Bertz CT molecular complexity index is 698. The number of ether oxygens (including phenoxy) is 1. The fraction of sp³-hybridized carbons (Fsp3) is 0.412. The lowest BCUT2D eigenvalue weighted by molar-refractivity contribution is 0.0342. The number of carbonyl (C=O) groups is 1. The molecule has 24 heavy (non-hydrogen) atoms. The Morgan fingerprint density at radius 2 is 2.12 bits per heavy atom. The fourth-order valence-electron chi connectivity index (χ4n) is 2.75. The van der Waals surface area contributed by atoms with Crippen LogP contribution in [0.15, 0.2) is 35.1 Å². The van der Waals surface area contributed by atoms with Crippen molar-refractivity contribution in [3.8, 4) is 11.3 Å². The van der Waals surface area contributed by atoms with Crippen LogP contribution in [-0.4, -0.2) is 54.7 Å². The molecule has 1 N–H and O–H groups in total. The van der Waals surface area contributed by atoms with E-state index in [1.165, 1.54) is 6.39 Å². The van der Waals surface area contributed by atoms with Crippen molar-refractivity contribution in [3.05, 3.63) is 41.4 Å². The smallest absolute Gasteiger partial charge is 0.274 e. The Balaban J connectivity index is 1.67. The van der Waals surface area contributed by atoms with Crippen LogP contribution >= 0.6 is 11.6 Å². The van der Waals surface area contributed by atoms with Crippen LogP contribution in [0.4, 0.5) is 0 Å². The van der Waals surface area contributed by atoms with E-state index in [1.54, 1.807) is 12.1 Å². The van der Waals surface area contributed by atoms with E-state index in [2.05, 4.69) is 15.2 Å². The minimum absolute atomic E-state index is 0.00797. The van der Waals surface area contributed by atoms with Gasteiger partial charge in [0.1, 0.15) is 0 Å². The van der Waals surface area contributed by atoms with E-state index in [4.69, 9.17) is 20.8 Å². The van der Waals surface area contributed by atoms with Crippen molar-refractivity contribution >= 4 is 17.5 Å². The third-order valence-electron chi connectivity index (χ3n) is 3.91. The number of nitrogens with zero attached hydrogens (tertiary/aromatic N) is 2. The van der Waals surface area contributed by atoms with Crippen LogP contribution < -0.4 is 5.32 Å². The molecule has 1 atom stereocenters. The van der Waals surface area contributed by atoms with Gasteiger partial charge >= 0.3 is 0 Å². The van der Waals surface area contributed by atoms with E-state index in [1.807, 2.05) is 19.1 Å². The van der Waals surface area contributed by atoms with Gasteiger partial charge in [-0.05, 0) is 19.1 Å². The second kappa shape index (κ2) is 7.79. The monoisotopic (exact) mass is 349 g/mol. The summed E-state index contributed by atoms with van der Waals surface area (Å²) in [6, 6.07) is 7.21. The van der Waals surface area contributed by atoms with Crippen molar-refractivity contribution in [3.63, 3.8) is 0 Å². The van der Waals surface area contributed by atoms with Gasteiger partial charge in [0.2, 0.25) is 0 Å². The molecule has 1 aliphatic heterocycles.